The standard InChI is InChI=1S/C23H28ClNO3/c1-15-11-18-19(13-22(2,3)14-20(18)28-15)25-21(26)23(7-9-27-10-8-23)16-5-4-6-17(24)12-16/h4-6,11-12,19H,7-10,13-14H2,1-3H3,(H,25,26). The number of aryl methyl sites for hydroxylation is 1. The Hall–Kier alpha value is -1.78. The van der Waals surface area contributed by atoms with Gasteiger partial charge in [0.1, 0.15) is 11.5 Å². The van der Waals surface area contributed by atoms with E-state index in [1.165, 1.54) is 0 Å². The maximum absolute atomic E-state index is 13.7. The first-order valence-corrected chi connectivity index (χ1v) is 10.4. The molecule has 1 fully saturated rings. The molecule has 1 saturated heterocycles. The van der Waals surface area contributed by atoms with Crippen molar-refractivity contribution in [2.75, 3.05) is 13.2 Å². The van der Waals surface area contributed by atoms with Crippen molar-refractivity contribution in [2.45, 2.75) is 57.9 Å². The maximum Gasteiger partial charge on any atom is 0.231 e. The van der Waals surface area contributed by atoms with Crippen LogP contribution in [0, 0.1) is 12.3 Å². The molecule has 1 unspecified atom stereocenters. The van der Waals surface area contributed by atoms with Crippen molar-refractivity contribution in [3.05, 3.63) is 58.0 Å². The van der Waals surface area contributed by atoms with Crippen LogP contribution in [0.4, 0.5) is 0 Å². The summed E-state index contributed by atoms with van der Waals surface area (Å²) in [6.07, 6.45) is 3.11. The molecule has 150 valence electrons. The second kappa shape index (κ2) is 7.23. The molecule has 1 aliphatic heterocycles. The number of halogens is 1. The van der Waals surface area contributed by atoms with Crippen LogP contribution < -0.4 is 5.32 Å². The number of carbonyl (C=O) groups excluding carboxylic acids is 1. The van der Waals surface area contributed by atoms with Crippen LogP contribution in [-0.2, 0) is 21.4 Å². The molecular weight excluding hydrogens is 374 g/mol. The lowest BCUT2D eigenvalue weighted by atomic mass is 9.71. The van der Waals surface area contributed by atoms with Crippen LogP contribution in [0.25, 0.3) is 0 Å². The summed E-state index contributed by atoms with van der Waals surface area (Å²) in [4.78, 5) is 13.7. The van der Waals surface area contributed by atoms with Gasteiger partial charge in [-0.3, -0.25) is 4.79 Å². The Bertz CT molecular complexity index is 880. The summed E-state index contributed by atoms with van der Waals surface area (Å²) < 4.78 is 11.5. The van der Waals surface area contributed by atoms with Gasteiger partial charge in [0, 0.05) is 30.2 Å². The number of furan rings is 1. The number of benzene rings is 1. The smallest absolute Gasteiger partial charge is 0.231 e. The quantitative estimate of drug-likeness (QED) is 0.776. The average Bonchev–Trinajstić information content (AvgIpc) is 3.01. The summed E-state index contributed by atoms with van der Waals surface area (Å²) in [6, 6.07) is 9.73. The van der Waals surface area contributed by atoms with Crippen molar-refractivity contribution in [1.29, 1.82) is 0 Å². The molecule has 0 bridgehead atoms. The molecule has 1 aliphatic carbocycles. The van der Waals surface area contributed by atoms with Gasteiger partial charge in [0.15, 0.2) is 0 Å². The number of hydrogen-bond acceptors (Lipinski definition) is 3. The molecule has 4 nitrogen and oxygen atoms in total. The number of fused-ring (bicyclic) bond motifs is 1. The van der Waals surface area contributed by atoms with E-state index in [0.717, 1.165) is 35.5 Å². The minimum atomic E-state index is -0.607. The van der Waals surface area contributed by atoms with Gasteiger partial charge in [-0.2, -0.15) is 0 Å². The highest BCUT2D eigenvalue weighted by molar-refractivity contribution is 6.30. The molecule has 0 saturated carbocycles. The fourth-order valence-corrected chi connectivity index (χ4v) is 4.95. The van der Waals surface area contributed by atoms with Crippen LogP contribution in [0.1, 0.15) is 61.8 Å². The summed E-state index contributed by atoms with van der Waals surface area (Å²) in [6.45, 7) is 7.58. The molecule has 5 heteroatoms. The van der Waals surface area contributed by atoms with Gasteiger partial charge >= 0.3 is 0 Å². The largest absolute Gasteiger partial charge is 0.466 e. The Kier molecular flexibility index (Phi) is 5.05. The van der Waals surface area contributed by atoms with Gasteiger partial charge in [0.05, 0.1) is 11.5 Å². The van der Waals surface area contributed by atoms with Gasteiger partial charge in [-0.25, -0.2) is 0 Å². The minimum absolute atomic E-state index is 0.0393. The number of carbonyl (C=O) groups is 1. The zero-order valence-corrected chi connectivity index (χ0v) is 17.6. The van der Waals surface area contributed by atoms with Gasteiger partial charge in [0.25, 0.3) is 0 Å². The molecule has 2 heterocycles. The minimum Gasteiger partial charge on any atom is -0.466 e. The fraction of sp³-hybridized carbons (Fsp3) is 0.522. The van der Waals surface area contributed by atoms with Crippen LogP contribution >= 0.6 is 11.6 Å². The summed E-state index contributed by atoms with van der Waals surface area (Å²) >= 11 is 6.25. The van der Waals surface area contributed by atoms with Crippen LogP contribution in [0.5, 0.6) is 0 Å². The Morgan fingerprint density at radius 3 is 2.68 bits per heavy atom. The Labute approximate surface area is 171 Å². The first-order valence-electron chi connectivity index (χ1n) is 10.0. The van der Waals surface area contributed by atoms with E-state index < -0.39 is 5.41 Å². The predicted octanol–water partition coefficient (Wildman–Crippen LogP) is 5.12. The van der Waals surface area contributed by atoms with Crippen molar-refractivity contribution >= 4 is 17.5 Å². The van der Waals surface area contributed by atoms with Gasteiger partial charge in [-0.15, -0.1) is 0 Å². The van der Waals surface area contributed by atoms with Gasteiger partial charge in [0.2, 0.25) is 5.91 Å². The van der Waals surface area contributed by atoms with Crippen molar-refractivity contribution in [2.24, 2.45) is 5.41 Å². The molecule has 1 N–H and O–H groups in total. The monoisotopic (exact) mass is 401 g/mol. The van der Waals surface area contributed by atoms with E-state index in [-0.39, 0.29) is 17.4 Å². The third kappa shape index (κ3) is 3.60. The van der Waals surface area contributed by atoms with Crippen molar-refractivity contribution < 1.29 is 13.9 Å². The maximum atomic E-state index is 13.7. The van der Waals surface area contributed by atoms with Crippen LogP contribution in [-0.4, -0.2) is 19.1 Å². The zero-order valence-electron chi connectivity index (χ0n) is 16.8. The highest BCUT2D eigenvalue weighted by Gasteiger charge is 2.44. The second-order valence-corrected chi connectivity index (χ2v) is 9.45. The van der Waals surface area contributed by atoms with Gasteiger partial charge in [-0.1, -0.05) is 37.6 Å². The zero-order chi connectivity index (χ0) is 19.9. The lowest BCUT2D eigenvalue weighted by Crippen LogP contribution is -2.50. The first kappa shape index (κ1) is 19.5. The van der Waals surface area contributed by atoms with E-state index in [2.05, 4.69) is 25.2 Å². The summed E-state index contributed by atoms with van der Waals surface area (Å²) in [5.74, 6) is 1.96. The van der Waals surface area contributed by atoms with E-state index in [1.807, 2.05) is 31.2 Å². The number of amides is 1. The third-order valence-corrected chi connectivity index (χ3v) is 6.43. The molecule has 1 aromatic carbocycles. The normalized spacial score (nSPS) is 23.1. The first-order chi connectivity index (χ1) is 13.3. The van der Waals surface area contributed by atoms with E-state index in [1.54, 1.807) is 0 Å². The number of rotatable bonds is 3. The fourth-order valence-electron chi connectivity index (χ4n) is 4.76. The number of hydrogen-bond donors (Lipinski definition) is 1. The molecule has 4 rings (SSSR count). The lowest BCUT2D eigenvalue weighted by molar-refractivity contribution is -0.131. The highest BCUT2D eigenvalue weighted by atomic mass is 35.5. The van der Waals surface area contributed by atoms with E-state index >= 15 is 0 Å². The third-order valence-electron chi connectivity index (χ3n) is 6.20. The summed E-state index contributed by atoms with van der Waals surface area (Å²) in [7, 11) is 0. The predicted molar refractivity (Wildman–Crippen MR) is 110 cm³/mol. The molecule has 1 atom stereocenters. The molecule has 0 radical (unpaired) electrons. The van der Waals surface area contributed by atoms with Crippen LogP contribution in [0.2, 0.25) is 5.02 Å². The highest BCUT2D eigenvalue weighted by Crippen LogP contribution is 2.43. The Morgan fingerprint density at radius 1 is 1.21 bits per heavy atom. The molecular formula is C23H28ClNO3. The van der Waals surface area contributed by atoms with E-state index in [4.69, 9.17) is 20.8 Å². The molecule has 1 amide bonds. The van der Waals surface area contributed by atoms with Crippen LogP contribution in [0.15, 0.2) is 34.7 Å². The van der Waals surface area contributed by atoms with E-state index in [9.17, 15) is 4.79 Å². The molecule has 28 heavy (non-hydrogen) atoms. The summed E-state index contributed by atoms with van der Waals surface area (Å²) in [5.41, 5.74) is 1.57. The average molecular weight is 402 g/mol. The molecule has 2 aliphatic rings. The lowest BCUT2D eigenvalue weighted by Gasteiger charge is -2.40. The van der Waals surface area contributed by atoms with Crippen molar-refractivity contribution in [1.82, 2.24) is 5.32 Å². The summed E-state index contributed by atoms with van der Waals surface area (Å²) in [5, 5.41) is 4.03. The number of ether oxygens (including phenoxy) is 1. The van der Waals surface area contributed by atoms with Gasteiger partial charge < -0.3 is 14.5 Å². The molecule has 1 aromatic heterocycles. The molecule has 2 aromatic rings. The van der Waals surface area contributed by atoms with Crippen LogP contribution in [0.3, 0.4) is 0 Å². The second-order valence-electron chi connectivity index (χ2n) is 9.01. The SMILES string of the molecule is Cc1cc2c(o1)CC(C)(C)CC2NC(=O)C1(c2cccc(Cl)c2)CCOCC1. The van der Waals surface area contributed by atoms with Crippen molar-refractivity contribution in [3.8, 4) is 0 Å². The molecule has 0 spiro atoms. The number of nitrogens with one attached hydrogen (secondary N) is 1. The topological polar surface area (TPSA) is 51.5 Å². The van der Waals surface area contributed by atoms with Gasteiger partial charge in [-0.05, 0) is 55.4 Å². The Morgan fingerprint density at radius 2 is 1.96 bits per heavy atom. The Balaban J connectivity index is 1.67. The van der Waals surface area contributed by atoms with Crippen molar-refractivity contribution in [3.63, 3.8) is 0 Å². The van der Waals surface area contributed by atoms with E-state index in [0.29, 0.717) is 31.1 Å².